The predicted molar refractivity (Wildman–Crippen MR) is 57.5 cm³/mol. The molecule has 0 aromatic carbocycles. The predicted octanol–water partition coefficient (Wildman–Crippen LogP) is 1.50. The van der Waals surface area contributed by atoms with Gasteiger partial charge in [-0.2, -0.15) is 18.3 Å². The molecule has 1 fully saturated rings. The first-order chi connectivity index (χ1) is 8.47. The number of aliphatic hydroxyl groups is 1. The summed E-state index contributed by atoms with van der Waals surface area (Å²) in [5, 5.41) is 19.3. The summed E-state index contributed by atoms with van der Waals surface area (Å²) in [7, 11) is 0. The van der Waals surface area contributed by atoms with Gasteiger partial charge in [0.2, 0.25) is 0 Å². The van der Waals surface area contributed by atoms with Crippen molar-refractivity contribution in [1.29, 1.82) is 0 Å². The zero-order chi connectivity index (χ0) is 13.2. The van der Waals surface area contributed by atoms with E-state index in [1.165, 1.54) is 6.07 Å². The molecule has 1 aromatic heterocycles. The van der Waals surface area contributed by atoms with E-state index in [2.05, 4.69) is 15.5 Å². The van der Waals surface area contributed by atoms with Crippen molar-refractivity contribution in [3.8, 4) is 0 Å². The Hall–Kier alpha value is -1.21. The minimum atomic E-state index is -4.46. The van der Waals surface area contributed by atoms with Crippen LogP contribution >= 0.6 is 0 Å². The van der Waals surface area contributed by atoms with Crippen LogP contribution in [0.25, 0.3) is 0 Å². The van der Waals surface area contributed by atoms with Crippen LogP contribution in [0, 0.1) is 0 Å². The molecule has 0 unspecified atom stereocenters. The highest BCUT2D eigenvalue weighted by atomic mass is 19.4. The third kappa shape index (κ3) is 3.17. The molecule has 0 radical (unpaired) electrons. The number of rotatable bonds is 3. The maximum Gasteiger partial charge on any atom is 0.435 e. The number of aromatic nitrogens is 2. The third-order valence-corrected chi connectivity index (χ3v) is 3.04. The lowest BCUT2D eigenvalue weighted by molar-refractivity contribution is -0.141. The topological polar surface area (TPSA) is 58.0 Å². The van der Waals surface area contributed by atoms with Gasteiger partial charge in [0, 0.05) is 12.6 Å². The standard InChI is InChI=1S/C11H14F3N3O/c12-11(13,14)10-5-4-7(16-17-10)6-15-8-2-1-3-9(8)18/h4-5,8-9,15,18H,1-3,6H2/t8-,9-/m1/s1. The van der Waals surface area contributed by atoms with Gasteiger partial charge in [-0.1, -0.05) is 0 Å². The van der Waals surface area contributed by atoms with E-state index in [0.717, 1.165) is 25.3 Å². The Morgan fingerprint density at radius 3 is 2.56 bits per heavy atom. The zero-order valence-electron chi connectivity index (χ0n) is 9.61. The Morgan fingerprint density at radius 1 is 1.28 bits per heavy atom. The molecule has 18 heavy (non-hydrogen) atoms. The smallest absolute Gasteiger partial charge is 0.392 e. The summed E-state index contributed by atoms with van der Waals surface area (Å²) in [5.74, 6) is 0. The molecule has 1 aliphatic rings. The summed E-state index contributed by atoms with van der Waals surface area (Å²) < 4.78 is 36.8. The van der Waals surface area contributed by atoms with Crippen LogP contribution in [-0.2, 0) is 12.7 Å². The lowest BCUT2D eigenvalue weighted by atomic mass is 10.2. The molecular formula is C11H14F3N3O. The van der Waals surface area contributed by atoms with E-state index in [4.69, 9.17) is 0 Å². The largest absolute Gasteiger partial charge is 0.435 e. The molecule has 0 amide bonds. The van der Waals surface area contributed by atoms with Crippen LogP contribution in [0.3, 0.4) is 0 Å². The Balaban J connectivity index is 1.90. The first kappa shape index (κ1) is 13.2. The number of nitrogens with zero attached hydrogens (tertiary/aromatic N) is 2. The van der Waals surface area contributed by atoms with Gasteiger partial charge in [0.15, 0.2) is 5.69 Å². The molecule has 1 aliphatic carbocycles. The van der Waals surface area contributed by atoms with Crippen LogP contribution in [0.5, 0.6) is 0 Å². The molecular weight excluding hydrogens is 247 g/mol. The summed E-state index contributed by atoms with van der Waals surface area (Å²) in [4.78, 5) is 0. The lowest BCUT2D eigenvalue weighted by Gasteiger charge is -2.15. The van der Waals surface area contributed by atoms with E-state index < -0.39 is 11.9 Å². The van der Waals surface area contributed by atoms with Crippen LogP contribution in [0.1, 0.15) is 30.7 Å². The molecule has 1 aromatic rings. The number of halogens is 3. The molecule has 0 aliphatic heterocycles. The maximum absolute atomic E-state index is 12.3. The van der Waals surface area contributed by atoms with Crippen molar-refractivity contribution in [2.75, 3.05) is 0 Å². The average molecular weight is 261 g/mol. The number of alkyl halides is 3. The van der Waals surface area contributed by atoms with Gasteiger partial charge in [-0.3, -0.25) is 0 Å². The Bertz CT molecular complexity index is 394. The summed E-state index contributed by atoms with van der Waals surface area (Å²) in [6.07, 6.45) is -2.25. The first-order valence-corrected chi connectivity index (χ1v) is 5.78. The van der Waals surface area contributed by atoms with Gasteiger partial charge in [-0.15, -0.1) is 5.10 Å². The van der Waals surface area contributed by atoms with Gasteiger partial charge in [-0.25, -0.2) is 0 Å². The molecule has 2 rings (SSSR count). The van der Waals surface area contributed by atoms with Crippen LogP contribution in [0.15, 0.2) is 12.1 Å². The molecule has 1 heterocycles. The number of aliphatic hydroxyl groups excluding tert-OH is 1. The molecule has 1 saturated carbocycles. The van der Waals surface area contributed by atoms with Crippen LogP contribution < -0.4 is 5.32 Å². The summed E-state index contributed by atoms with van der Waals surface area (Å²) in [5.41, 5.74) is -0.561. The molecule has 0 spiro atoms. The molecule has 2 atom stereocenters. The van der Waals surface area contributed by atoms with Gasteiger partial charge >= 0.3 is 6.18 Å². The lowest BCUT2D eigenvalue weighted by Crippen LogP contribution is -2.35. The fourth-order valence-corrected chi connectivity index (χ4v) is 2.02. The van der Waals surface area contributed by atoms with E-state index in [0.29, 0.717) is 12.2 Å². The highest BCUT2D eigenvalue weighted by Gasteiger charge is 2.32. The fourth-order valence-electron chi connectivity index (χ4n) is 2.02. The third-order valence-electron chi connectivity index (χ3n) is 3.04. The van der Waals surface area contributed by atoms with E-state index in [9.17, 15) is 18.3 Å². The Morgan fingerprint density at radius 2 is 2.06 bits per heavy atom. The van der Waals surface area contributed by atoms with E-state index in [-0.39, 0.29) is 12.1 Å². The average Bonchev–Trinajstić information content (AvgIpc) is 2.72. The van der Waals surface area contributed by atoms with Gasteiger partial charge in [-0.05, 0) is 31.4 Å². The Kier molecular flexibility index (Phi) is 3.82. The van der Waals surface area contributed by atoms with Crippen molar-refractivity contribution in [3.05, 3.63) is 23.5 Å². The minimum absolute atomic E-state index is 0.00547. The second-order valence-electron chi connectivity index (χ2n) is 4.39. The van der Waals surface area contributed by atoms with Gasteiger partial charge in [0.1, 0.15) is 0 Å². The number of hydrogen-bond donors (Lipinski definition) is 2. The van der Waals surface area contributed by atoms with Crippen molar-refractivity contribution < 1.29 is 18.3 Å². The number of hydrogen-bond acceptors (Lipinski definition) is 4. The maximum atomic E-state index is 12.3. The zero-order valence-corrected chi connectivity index (χ0v) is 9.61. The van der Waals surface area contributed by atoms with E-state index in [1.807, 2.05) is 0 Å². The van der Waals surface area contributed by atoms with Crippen molar-refractivity contribution in [2.24, 2.45) is 0 Å². The highest BCUT2D eigenvalue weighted by Crippen LogP contribution is 2.26. The van der Waals surface area contributed by atoms with Crippen molar-refractivity contribution in [3.63, 3.8) is 0 Å². The van der Waals surface area contributed by atoms with Crippen molar-refractivity contribution in [2.45, 2.75) is 44.1 Å². The highest BCUT2D eigenvalue weighted by molar-refractivity contribution is 5.09. The minimum Gasteiger partial charge on any atom is -0.392 e. The molecule has 0 saturated heterocycles. The van der Waals surface area contributed by atoms with Crippen molar-refractivity contribution in [1.82, 2.24) is 15.5 Å². The fraction of sp³-hybridized carbons (Fsp3) is 0.636. The molecule has 100 valence electrons. The van der Waals surface area contributed by atoms with Gasteiger partial charge in [0.05, 0.1) is 11.8 Å². The van der Waals surface area contributed by atoms with Gasteiger partial charge < -0.3 is 10.4 Å². The van der Waals surface area contributed by atoms with E-state index >= 15 is 0 Å². The number of nitrogens with one attached hydrogen (secondary N) is 1. The molecule has 7 heteroatoms. The second kappa shape index (κ2) is 5.19. The van der Waals surface area contributed by atoms with Crippen LogP contribution in [-0.4, -0.2) is 27.4 Å². The summed E-state index contributed by atoms with van der Waals surface area (Å²) in [6.45, 7) is 0.312. The van der Waals surface area contributed by atoms with Crippen molar-refractivity contribution >= 4 is 0 Å². The van der Waals surface area contributed by atoms with Crippen LogP contribution in [0.4, 0.5) is 13.2 Å². The quantitative estimate of drug-likeness (QED) is 0.865. The SMILES string of the molecule is O[C@@H]1CCC[C@H]1NCc1ccc(C(F)(F)F)nn1. The first-order valence-electron chi connectivity index (χ1n) is 5.78. The second-order valence-corrected chi connectivity index (χ2v) is 4.39. The Labute approximate surface area is 102 Å². The molecule has 2 N–H and O–H groups in total. The molecule has 0 bridgehead atoms. The summed E-state index contributed by atoms with van der Waals surface area (Å²) in [6, 6.07) is 2.20. The van der Waals surface area contributed by atoms with Gasteiger partial charge in [0.25, 0.3) is 0 Å². The monoisotopic (exact) mass is 261 g/mol. The van der Waals surface area contributed by atoms with E-state index in [1.54, 1.807) is 0 Å². The molecule has 4 nitrogen and oxygen atoms in total. The summed E-state index contributed by atoms with van der Waals surface area (Å²) >= 11 is 0. The van der Waals surface area contributed by atoms with Crippen LogP contribution in [0.2, 0.25) is 0 Å². The normalized spacial score (nSPS) is 24.4.